The van der Waals surface area contributed by atoms with Crippen LogP contribution in [0.1, 0.15) is 61.4 Å². The van der Waals surface area contributed by atoms with E-state index in [9.17, 15) is 9.59 Å². The molecule has 35 heavy (non-hydrogen) atoms. The van der Waals surface area contributed by atoms with Crippen molar-refractivity contribution in [1.29, 1.82) is 0 Å². The molecule has 7 rings (SSSR count). The lowest BCUT2D eigenvalue weighted by molar-refractivity contribution is 0.0574. The Labute approximate surface area is 205 Å². The van der Waals surface area contributed by atoms with Crippen LogP contribution in [0, 0.1) is 0 Å². The third-order valence-corrected chi connectivity index (χ3v) is 8.22. The van der Waals surface area contributed by atoms with Crippen molar-refractivity contribution in [1.82, 2.24) is 24.5 Å². The van der Waals surface area contributed by atoms with Crippen molar-refractivity contribution in [2.75, 3.05) is 0 Å². The van der Waals surface area contributed by atoms with E-state index >= 15 is 0 Å². The number of aryl methyl sites for hydroxylation is 2. The molecule has 5 aromatic rings. The molecule has 2 aromatic carbocycles. The molecule has 0 saturated carbocycles. The molecule has 0 saturated heterocycles. The minimum atomic E-state index is -0.630. The van der Waals surface area contributed by atoms with E-state index in [1.165, 1.54) is 21.8 Å². The molecule has 0 radical (unpaired) electrons. The van der Waals surface area contributed by atoms with Gasteiger partial charge in [-0.1, -0.05) is 42.5 Å². The van der Waals surface area contributed by atoms with E-state index in [-0.39, 0.29) is 11.8 Å². The summed E-state index contributed by atoms with van der Waals surface area (Å²) in [5.74, 6) is -0.156. The van der Waals surface area contributed by atoms with Crippen LogP contribution in [-0.4, -0.2) is 36.3 Å². The highest BCUT2D eigenvalue weighted by Gasteiger charge is 2.42. The number of imide groups is 1. The van der Waals surface area contributed by atoms with Crippen LogP contribution in [0.4, 0.5) is 0 Å². The maximum atomic E-state index is 13.4. The molecule has 0 N–H and O–H groups in total. The number of fused-ring (bicyclic) bond motifs is 6. The molecular weight excluding hydrogens is 458 g/mol. The summed E-state index contributed by atoms with van der Waals surface area (Å²) in [5.41, 5.74) is 3.93. The molecule has 0 spiro atoms. The Hall–Kier alpha value is -3.91. The molecule has 0 fully saturated rings. The Balaban J connectivity index is 1.40. The Morgan fingerprint density at radius 1 is 0.914 bits per heavy atom. The van der Waals surface area contributed by atoms with Crippen molar-refractivity contribution >= 4 is 39.0 Å². The van der Waals surface area contributed by atoms with E-state index in [2.05, 4.69) is 4.98 Å². The number of hydrogen-bond acceptors (Lipinski definition) is 6. The number of nitrogens with zero attached hydrogens (tertiary/aromatic N) is 5. The molecule has 1 atom stereocenters. The molecule has 8 heteroatoms. The molecule has 4 heterocycles. The van der Waals surface area contributed by atoms with Crippen LogP contribution in [0.25, 0.3) is 15.9 Å². The van der Waals surface area contributed by atoms with E-state index in [4.69, 9.17) is 10.1 Å². The van der Waals surface area contributed by atoms with Crippen LogP contribution < -0.4 is 0 Å². The minimum Gasteiger partial charge on any atom is -0.269 e. The van der Waals surface area contributed by atoms with E-state index in [0.29, 0.717) is 23.4 Å². The van der Waals surface area contributed by atoms with E-state index in [0.717, 1.165) is 40.7 Å². The summed E-state index contributed by atoms with van der Waals surface area (Å²) in [6, 6.07) is 16.2. The van der Waals surface area contributed by atoms with Crippen molar-refractivity contribution in [3.63, 3.8) is 0 Å². The Bertz CT molecular complexity index is 1600. The summed E-state index contributed by atoms with van der Waals surface area (Å²) >= 11 is 1.74. The summed E-state index contributed by atoms with van der Waals surface area (Å²) in [6.45, 7) is 0. The fraction of sp³-hybridized carbons (Fsp3) is 0.222. The van der Waals surface area contributed by atoms with Crippen LogP contribution in [0.3, 0.4) is 0 Å². The second kappa shape index (κ2) is 7.81. The van der Waals surface area contributed by atoms with Crippen LogP contribution in [0.2, 0.25) is 0 Å². The molecule has 2 amide bonds. The van der Waals surface area contributed by atoms with Gasteiger partial charge in [-0.2, -0.15) is 0 Å². The Kier molecular flexibility index (Phi) is 4.57. The van der Waals surface area contributed by atoms with Gasteiger partial charge in [0.15, 0.2) is 11.5 Å². The zero-order chi connectivity index (χ0) is 23.5. The third kappa shape index (κ3) is 3.13. The largest absolute Gasteiger partial charge is 0.269 e. The lowest BCUT2D eigenvalue weighted by Crippen LogP contribution is -2.36. The molecule has 172 valence electrons. The van der Waals surface area contributed by atoms with Gasteiger partial charge in [0.2, 0.25) is 0 Å². The van der Waals surface area contributed by atoms with Crippen LogP contribution >= 0.6 is 11.3 Å². The first-order valence-electron chi connectivity index (χ1n) is 11.9. The van der Waals surface area contributed by atoms with Crippen LogP contribution in [-0.2, 0) is 19.3 Å². The number of benzene rings is 2. The molecule has 1 aliphatic heterocycles. The summed E-state index contributed by atoms with van der Waals surface area (Å²) in [6.07, 6.45) is 6.58. The quantitative estimate of drug-likeness (QED) is 0.346. The highest BCUT2D eigenvalue weighted by Crippen LogP contribution is 2.38. The van der Waals surface area contributed by atoms with E-state index in [1.807, 2.05) is 30.3 Å². The molecule has 3 aromatic heterocycles. The third-order valence-electron chi connectivity index (χ3n) is 7.02. The minimum absolute atomic E-state index is 0.304. The summed E-state index contributed by atoms with van der Waals surface area (Å²) < 4.78 is 1.70. The van der Waals surface area contributed by atoms with Gasteiger partial charge in [0.1, 0.15) is 17.2 Å². The highest BCUT2D eigenvalue weighted by atomic mass is 32.1. The van der Waals surface area contributed by atoms with Crippen LogP contribution in [0.5, 0.6) is 0 Å². The first-order valence-corrected chi connectivity index (χ1v) is 12.7. The van der Waals surface area contributed by atoms with Crippen molar-refractivity contribution in [2.24, 2.45) is 0 Å². The number of aromatic nitrogens is 4. The van der Waals surface area contributed by atoms with Gasteiger partial charge < -0.3 is 0 Å². The normalized spacial score (nSPS) is 16.2. The topological polar surface area (TPSA) is 80.5 Å². The smallest absolute Gasteiger partial charge is 0.262 e. The number of thiophene rings is 1. The SMILES string of the molecule is O=C1c2ccccc2C(=O)N1[C@@H](Cc1ccccc1)c1nc2c3c4c(sc3ncn2n1)CCCC4. The van der Waals surface area contributed by atoms with Crippen molar-refractivity contribution in [3.8, 4) is 0 Å². The van der Waals surface area contributed by atoms with Crippen molar-refractivity contribution in [2.45, 2.75) is 38.1 Å². The van der Waals surface area contributed by atoms with Crippen LogP contribution in [0.15, 0.2) is 60.9 Å². The number of carbonyl (C=O) groups excluding carboxylic acids is 2. The second-order valence-corrected chi connectivity index (χ2v) is 10.2. The highest BCUT2D eigenvalue weighted by molar-refractivity contribution is 7.19. The zero-order valence-corrected chi connectivity index (χ0v) is 19.7. The summed E-state index contributed by atoms with van der Waals surface area (Å²) in [4.78, 5) is 40.2. The maximum Gasteiger partial charge on any atom is 0.262 e. The fourth-order valence-corrected chi connectivity index (χ4v) is 6.56. The van der Waals surface area contributed by atoms with Gasteiger partial charge in [-0.3, -0.25) is 14.5 Å². The van der Waals surface area contributed by atoms with Gasteiger partial charge in [0.25, 0.3) is 11.8 Å². The monoisotopic (exact) mass is 479 g/mol. The Morgan fingerprint density at radius 2 is 1.63 bits per heavy atom. The van der Waals surface area contributed by atoms with E-state index < -0.39 is 6.04 Å². The predicted octanol–water partition coefficient (Wildman–Crippen LogP) is 4.80. The maximum absolute atomic E-state index is 13.4. The van der Waals surface area contributed by atoms with Gasteiger partial charge in [-0.05, 0) is 48.9 Å². The fourth-order valence-electron chi connectivity index (χ4n) is 5.34. The average Bonchev–Trinajstić information content (AvgIpc) is 3.56. The number of hydrogen-bond donors (Lipinski definition) is 0. The lowest BCUT2D eigenvalue weighted by Gasteiger charge is -2.24. The van der Waals surface area contributed by atoms with Crippen molar-refractivity contribution < 1.29 is 9.59 Å². The first kappa shape index (κ1) is 20.5. The molecule has 0 unspecified atom stereocenters. The number of rotatable bonds is 4. The summed E-state index contributed by atoms with van der Waals surface area (Å²) in [7, 11) is 0. The zero-order valence-electron chi connectivity index (χ0n) is 18.8. The number of carbonyl (C=O) groups is 2. The second-order valence-electron chi connectivity index (χ2n) is 9.11. The van der Waals surface area contributed by atoms with Gasteiger partial charge in [-0.25, -0.2) is 14.5 Å². The van der Waals surface area contributed by atoms with E-state index in [1.54, 1.807) is 46.4 Å². The predicted molar refractivity (Wildman–Crippen MR) is 133 cm³/mol. The van der Waals surface area contributed by atoms with Gasteiger partial charge >= 0.3 is 0 Å². The number of amides is 2. The lowest BCUT2D eigenvalue weighted by atomic mass is 9.97. The standard InChI is InChI=1S/C27H21N5O2S/c33-26-17-10-4-5-11-18(17)27(34)32(26)20(14-16-8-2-1-3-9-16)23-29-24-22-19-12-6-7-13-21(19)35-25(22)28-15-31(24)30-23/h1-5,8-11,15,20H,6-7,12-14H2/t20-/m0/s1. The average molecular weight is 480 g/mol. The molecule has 7 nitrogen and oxygen atoms in total. The molecule has 2 aliphatic rings. The molecule has 1 aliphatic carbocycles. The Morgan fingerprint density at radius 3 is 2.40 bits per heavy atom. The molecule has 0 bridgehead atoms. The van der Waals surface area contributed by atoms with Gasteiger partial charge in [-0.15, -0.1) is 16.4 Å². The van der Waals surface area contributed by atoms with Crippen molar-refractivity contribution in [3.05, 3.63) is 93.9 Å². The first-order chi connectivity index (χ1) is 17.2. The van der Waals surface area contributed by atoms with Gasteiger partial charge in [0, 0.05) is 11.3 Å². The summed E-state index contributed by atoms with van der Waals surface area (Å²) in [5, 5.41) is 5.83. The van der Waals surface area contributed by atoms with Gasteiger partial charge in [0.05, 0.1) is 16.5 Å². The molecular formula is C27H21N5O2S.